The SMILES string of the molecule is C=C(C)[C@@]12OC3(/C=C/C=C/CCCCC)O[C@@H]1[C@@H]1[C@H]4O[C@]4(CO)[C@@H](O)[C@]4(O)C(=O)C(C)=C[C@H]4C1(O3)[C@H](C)[C@H]2OC(=O)CC. The van der Waals surface area contributed by atoms with E-state index in [1.54, 1.807) is 39.0 Å². The van der Waals surface area contributed by atoms with Crippen LogP contribution < -0.4 is 0 Å². The number of esters is 1. The smallest absolute Gasteiger partial charge is 0.307 e. The van der Waals surface area contributed by atoms with E-state index in [0.717, 1.165) is 25.7 Å². The molecule has 10 nitrogen and oxygen atoms in total. The van der Waals surface area contributed by atoms with E-state index in [-0.39, 0.29) is 12.0 Å². The normalized spacial score (nSPS) is 49.1. The van der Waals surface area contributed by atoms with Gasteiger partial charge in [0.25, 0.3) is 0 Å². The first kappa shape index (κ1) is 30.8. The maximum absolute atomic E-state index is 13.7. The Labute approximate surface area is 252 Å². The molecule has 0 aromatic rings. The van der Waals surface area contributed by atoms with E-state index in [9.17, 15) is 24.9 Å². The van der Waals surface area contributed by atoms with Gasteiger partial charge in [-0.05, 0) is 37.8 Å². The molecule has 3 aliphatic heterocycles. The number of unbranched alkanes of at least 4 members (excludes halogenated alkanes) is 3. The van der Waals surface area contributed by atoms with Crippen molar-refractivity contribution in [1.82, 2.24) is 0 Å². The maximum atomic E-state index is 13.7. The van der Waals surface area contributed by atoms with Gasteiger partial charge in [-0.25, -0.2) is 0 Å². The largest absolute Gasteiger partial charge is 0.458 e. The zero-order chi connectivity index (χ0) is 31.2. The molecule has 6 aliphatic rings. The number of hydrogen-bond donors (Lipinski definition) is 3. The number of hydrogen-bond acceptors (Lipinski definition) is 10. The van der Waals surface area contributed by atoms with Crippen molar-refractivity contribution >= 4 is 11.8 Å². The van der Waals surface area contributed by atoms with Crippen molar-refractivity contribution in [2.75, 3.05) is 6.61 Å². The number of carbonyl (C=O) groups excluding carboxylic acids is 2. The van der Waals surface area contributed by atoms with Crippen molar-refractivity contribution in [2.45, 2.75) is 120 Å². The fourth-order valence-corrected chi connectivity index (χ4v) is 8.71. The molecule has 0 aromatic carbocycles. The molecule has 3 heterocycles. The first-order valence-corrected chi connectivity index (χ1v) is 15.6. The molecule has 0 aromatic heterocycles. The zero-order valence-corrected chi connectivity index (χ0v) is 25.6. The Morgan fingerprint density at radius 2 is 1.91 bits per heavy atom. The first-order chi connectivity index (χ1) is 20.4. The van der Waals surface area contributed by atoms with Gasteiger partial charge < -0.3 is 39.0 Å². The standard InChI is InChI=1S/C33H44O10/c1-7-9-10-11-12-13-14-15-30-41-27-23-26-29(17-34,40-26)28(37)31(38)21(16-19(5)24(31)36)33(23,43-30)20(6)25(39-22(35)8-2)32(27,42-30)18(3)4/h12-16,20-21,23,25-28,34,37-38H,3,7-11,17H2,1-2,4-6H3/b13-12+,15-14+/t20-,21-,23+,25-,26-,27-,28-,29+,30?,31-,32+,33?/m1/s1. The Balaban J connectivity index is 1.55. The van der Waals surface area contributed by atoms with Crippen LogP contribution in [0.1, 0.15) is 66.7 Å². The number of epoxide rings is 1. The van der Waals surface area contributed by atoms with Crippen LogP contribution in [0.5, 0.6) is 0 Å². The molecule has 2 saturated carbocycles. The molecule has 6 rings (SSSR count). The minimum Gasteiger partial charge on any atom is -0.458 e. The number of allylic oxidation sites excluding steroid dienone is 3. The Morgan fingerprint density at radius 3 is 2.56 bits per heavy atom. The van der Waals surface area contributed by atoms with Crippen molar-refractivity contribution in [3.05, 3.63) is 48.1 Å². The summed E-state index contributed by atoms with van der Waals surface area (Å²) < 4.78 is 32.7. The van der Waals surface area contributed by atoms with Gasteiger partial charge in [0, 0.05) is 30.3 Å². The van der Waals surface area contributed by atoms with E-state index in [1.165, 1.54) is 0 Å². The second-order valence-electron chi connectivity index (χ2n) is 13.2. The molecule has 3 saturated heterocycles. The van der Waals surface area contributed by atoms with Crippen molar-refractivity contribution in [1.29, 1.82) is 0 Å². The van der Waals surface area contributed by atoms with Crippen LogP contribution in [-0.4, -0.2) is 86.5 Å². The highest BCUT2D eigenvalue weighted by molar-refractivity contribution is 6.05. The van der Waals surface area contributed by atoms with Gasteiger partial charge in [-0.3, -0.25) is 9.59 Å². The molecule has 0 amide bonds. The van der Waals surface area contributed by atoms with E-state index in [2.05, 4.69) is 13.5 Å². The van der Waals surface area contributed by atoms with Gasteiger partial charge in [0.15, 0.2) is 17.0 Å². The molecule has 3 aliphatic carbocycles. The molecule has 0 radical (unpaired) electrons. The van der Waals surface area contributed by atoms with Gasteiger partial charge in [-0.15, -0.1) is 0 Å². The summed E-state index contributed by atoms with van der Waals surface area (Å²) >= 11 is 0. The van der Waals surface area contributed by atoms with Crippen molar-refractivity contribution < 1.29 is 48.6 Å². The second kappa shape index (κ2) is 10.2. The summed E-state index contributed by atoms with van der Waals surface area (Å²) in [7, 11) is 0. The van der Waals surface area contributed by atoms with Gasteiger partial charge in [0.2, 0.25) is 0 Å². The summed E-state index contributed by atoms with van der Waals surface area (Å²) in [6.07, 6.45) is 8.85. The van der Waals surface area contributed by atoms with Crippen LogP contribution in [-0.2, 0) is 33.3 Å². The quantitative estimate of drug-likeness (QED) is 0.113. The van der Waals surface area contributed by atoms with Gasteiger partial charge in [0.05, 0.1) is 12.2 Å². The number of ether oxygens (including phenoxy) is 5. The second-order valence-corrected chi connectivity index (χ2v) is 13.2. The van der Waals surface area contributed by atoms with Crippen molar-refractivity contribution in [2.24, 2.45) is 17.8 Å². The van der Waals surface area contributed by atoms with Gasteiger partial charge in [-0.1, -0.05) is 64.5 Å². The number of rotatable bonds is 10. The average Bonchev–Trinajstić information content (AvgIpc) is 3.61. The average molecular weight is 601 g/mol. The Bertz CT molecular complexity index is 1300. The third-order valence-electron chi connectivity index (χ3n) is 10.8. The Hall–Kier alpha value is -2.18. The van der Waals surface area contributed by atoms with Crippen LogP contribution in [0.15, 0.2) is 48.1 Å². The summed E-state index contributed by atoms with van der Waals surface area (Å²) in [6, 6.07) is 0. The first-order valence-electron chi connectivity index (χ1n) is 15.6. The molecule has 10 heteroatoms. The fourth-order valence-electron chi connectivity index (χ4n) is 8.71. The lowest BCUT2D eigenvalue weighted by Crippen LogP contribution is -2.76. The zero-order valence-electron chi connectivity index (χ0n) is 25.6. The number of ketones is 1. The highest BCUT2D eigenvalue weighted by Crippen LogP contribution is 2.73. The van der Waals surface area contributed by atoms with Crippen LogP contribution in [0.25, 0.3) is 0 Å². The lowest BCUT2D eigenvalue weighted by molar-refractivity contribution is -0.407. The fraction of sp³-hybridized carbons (Fsp3) is 0.697. The Kier molecular flexibility index (Phi) is 7.29. The monoisotopic (exact) mass is 600 g/mol. The van der Waals surface area contributed by atoms with Crippen molar-refractivity contribution in [3.8, 4) is 0 Å². The van der Waals surface area contributed by atoms with Gasteiger partial charge >= 0.3 is 11.9 Å². The molecule has 0 spiro atoms. The molecule has 3 bridgehead atoms. The minimum absolute atomic E-state index is 0.106. The summed E-state index contributed by atoms with van der Waals surface area (Å²) in [5.74, 6) is -5.49. The topological polar surface area (TPSA) is 144 Å². The highest BCUT2D eigenvalue weighted by Gasteiger charge is 2.90. The van der Waals surface area contributed by atoms with E-state index in [1.807, 2.05) is 19.1 Å². The summed E-state index contributed by atoms with van der Waals surface area (Å²) in [6.45, 7) is 12.7. The van der Waals surface area contributed by atoms with Crippen LogP contribution in [0, 0.1) is 17.8 Å². The lowest BCUT2D eigenvalue weighted by Gasteiger charge is -2.61. The van der Waals surface area contributed by atoms with Crippen LogP contribution in [0.4, 0.5) is 0 Å². The number of aliphatic hydroxyl groups is 3. The minimum atomic E-state index is -2.38. The molecular formula is C33H44O10. The molecule has 12 atom stereocenters. The molecule has 5 fully saturated rings. The van der Waals surface area contributed by atoms with E-state index in [0.29, 0.717) is 5.57 Å². The van der Waals surface area contributed by atoms with E-state index in [4.69, 9.17) is 23.7 Å². The van der Waals surface area contributed by atoms with Crippen LogP contribution >= 0.6 is 0 Å². The molecule has 2 unspecified atom stereocenters. The van der Waals surface area contributed by atoms with Crippen LogP contribution in [0.2, 0.25) is 0 Å². The van der Waals surface area contributed by atoms with E-state index >= 15 is 0 Å². The number of aliphatic hydroxyl groups excluding tert-OH is 2. The number of carbonyl (C=O) groups is 2. The number of Topliss-reactive ketones (excluding diaryl/α,β-unsaturated/α-hetero) is 1. The molecule has 236 valence electrons. The molecule has 3 N–H and O–H groups in total. The number of fused-ring (bicyclic) bond motifs is 3. The maximum Gasteiger partial charge on any atom is 0.307 e. The van der Waals surface area contributed by atoms with Gasteiger partial charge in [-0.2, -0.15) is 0 Å². The lowest BCUT2D eigenvalue weighted by atomic mass is 9.53. The predicted octanol–water partition coefficient (Wildman–Crippen LogP) is 2.80. The molecule has 43 heavy (non-hydrogen) atoms. The summed E-state index contributed by atoms with van der Waals surface area (Å²) in [5.41, 5.74) is -6.12. The van der Waals surface area contributed by atoms with Crippen LogP contribution in [0.3, 0.4) is 0 Å². The third-order valence-corrected chi connectivity index (χ3v) is 10.8. The highest BCUT2D eigenvalue weighted by atomic mass is 16.9. The van der Waals surface area contributed by atoms with Gasteiger partial charge in [0.1, 0.15) is 30.0 Å². The third kappa shape index (κ3) is 3.78. The Morgan fingerprint density at radius 1 is 1.16 bits per heavy atom. The molecular weight excluding hydrogens is 556 g/mol. The summed E-state index contributed by atoms with van der Waals surface area (Å²) in [5, 5.41) is 34.6. The predicted molar refractivity (Wildman–Crippen MR) is 153 cm³/mol. The van der Waals surface area contributed by atoms with Crippen molar-refractivity contribution in [3.63, 3.8) is 0 Å². The van der Waals surface area contributed by atoms with E-state index < -0.39 is 88.9 Å². The summed E-state index contributed by atoms with van der Waals surface area (Å²) in [4.78, 5) is 26.6.